The van der Waals surface area contributed by atoms with Crippen LogP contribution in [0.3, 0.4) is 0 Å². The Morgan fingerprint density at radius 2 is 1.50 bits per heavy atom. The molecule has 0 aliphatic rings. The average Bonchev–Trinajstić information content (AvgIpc) is 1.96. The van der Waals surface area contributed by atoms with Crippen molar-refractivity contribution in [3.8, 4) is 0 Å². The molecular formula is C6H12Br2O3P+. The lowest BCUT2D eigenvalue weighted by atomic mass is 10.5. The van der Waals surface area contributed by atoms with Gasteiger partial charge in [0, 0.05) is 14.2 Å². The van der Waals surface area contributed by atoms with Crippen LogP contribution in [-0.2, 0) is 13.6 Å². The zero-order chi connectivity index (χ0) is 9.56. The van der Waals surface area contributed by atoms with Crippen LogP contribution in [0.5, 0.6) is 0 Å². The third-order valence-electron chi connectivity index (χ3n) is 0.819. The maximum Gasteiger partial charge on any atom is 0.697 e. The highest BCUT2D eigenvalue weighted by Crippen LogP contribution is 2.25. The summed E-state index contributed by atoms with van der Waals surface area (Å²) in [5.41, 5.74) is 0. The lowest BCUT2D eigenvalue weighted by Crippen LogP contribution is -2.03. The molecule has 0 aromatic rings. The number of halogens is 2. The van der Waals surface area contributed by atoms with E-state index in [2.05, 4.69) is 31.9 Å². The van der Waals surface area contributed by atoms with Gasteiger partial charge in [0.2, 0.25) is 0 Å². The monoisotopic (exact) mass is 321 g/mol. The van der Waals surface area contributed by atoms with Crippen molar-refractivity contribution in [1.82, 2.24) is 0 Å². The van der Waals surface area contributed by atoms with E-state index in [9.17, 15) is 4.57 Å². The summed E-state index contributed by atoms with van der Waals surface area (Å²) in [7, 11) is -1.96. The summed E-state index contributed by atoms with van der Waals surface area (Å²) in [6, 6.07) is 0. The molecule has 6 heteroatoms. The van der Waals surface area contributed by atoms with Gasteiger partial charge in [-0.2, -0.15) is 0 Å². The number of rotatable bonds is 6. The normalized spacial score (nSPS) is 17.2. The van der Waals surface area contributed by atoms with Crippen molar-refractivity contribution in [3.05, 3.63) is 0 Å². The summed E-state index contributed by atoms with van der Waals surface area (Å²) < 4.78 is 20.7. The summed E-state index contributed by atoms with van der Waals surface area (Å²) in [5, 5.41) is 0. The molecule has 0 aliphatic carbocycles. The van der Waals surface area contributed by atoms with Crippen LogP contribution in [-0.4, -0.2) is 22.9 Å². The van der Waals surface area contributed by atoms with Crippen molar-refractivity contribution in [3.63, 3.8) is 0 Å². The molecule has 0 rings (SSSR count). The molecular weight excluding hydrogens is 311 g/mol. The van der Waals surface area contributed by atoms with Crippen LogP contribution < -0.4 is 0 Å². The van der Waals surface area contributed by atoms with Crippen molar-refractivity contribution >= 4 is 40.1 Å². The first kappa shape index (κ1) is 13.0. The summed E-state index contributed by atoms with van der Waals surface area (Å²) in [6.45, 7) is 4.62. The second-order valence-electron chi connectivity index (χ2n) is 2.38. The molecule has 0 bridgehead atoms. The van der Waals surface area contributed by atoms with Crippen molar-refractivity contribution in [1.29, 1.82) is 0 Å². The van der Waals surface area contributed by atoms with E-state index < -0.39 is 8.25 Å². The van der Waals surface area contributed by atoms with E-state index in [1.807, 2.05) is 13.8 Å². The van der Waals surface area contributed by atoms with E-state index >= 15 is 0 Å². The lowest BCUT2D eigenvalue weighted by Gasteiger charge is -1.95. The van der Waals surface area contributed by atoms with Gasteiger partial charge in [0.15, 0.2) is 0 Å². The van der Waals surface area contributed by atoms with Crippen molar-refractivity contribution in [2.24, 2.45) is 0 Å². The molecule has 2 unspecified atom stereocenters. The van der Waals surface area contributed by atoms with E-state index in [0.29, 0.717) is 13.2 Å². The second kappa shape index (κ2) is 7.39. The molecule has 0 saturated carbocycles. The van der Waals surface area contributed by atoms with Crippen LogP contribution in [0.1, 0.15) is 13.8 Å². The first-order valence-corrected chi connectivity index (χ1v) is 6.46. The van der Waals surface area contributed by atoms with Crippen LogP contribution in [0, 0.1) is 0 Å². The number of alkyl halides is 2. The van der Waals surface area contributed by atoms with Gasteiger partial charge in [0.05, 0.1) is 0 Å². The van der Waals surface area contributed by atoms with Gasteiger partial charge in [-0.15, -0.1) is 9.05 Å². The van der Waals surface area contributed by atoms with Gasteiger partial charge < -0.3 is 0 Å². The van der Waals surface area contributed by atoms with E-state index in [4.69, 9.17) is 9.05 Å². The van der Waals surface area contributed by atoms with E-state index in [1.165, 1.54) is 0 Å². The minimum absolute atomic E-state index is 0.196. The maximum absolute atomic E-state index is 10.9. The molecule has 2 atom stereocenters. The fourth-order valence-electron chi connectivity index (χ4n) is 0.364. The summed E-state index contributed by atoms with van der Waals surface area (Å²) >= 11 is 6.53. The molecule has 12 heavy (non-hydrogen) atoms. The highest BCUT2D eigenvalue weighted by molar-refractivity contribution is 9.09. The first-order chi connectivity index (χ1) is 5.52. The van der Waals surface area contributed by atoms with Gasteiger partial charge in [-0.25, -0.2) is 0 Å². The Labute approximate surface area is 90.4 Å². The predicted molar refractivity (Wildman–Crippen MR) is 56.3 cm³/mol. The molecule has 0 aromatic heterocycles. The molecule has 3 nitrogen and oxygen atoms in total. The van der Waals surface area contributed by atoms with Gasteiger partial charge in [-0.3, -0.25) is 0 Å². The largest absolute Gasteiger partial charge is 0.697 e. The van der Waals surface area contributed by atoms with Crippen molar-refractivity contribution in [2.45, 2.75) is 23.5 Å². The van der Waals surface area contributed by atoms with Gasteiger partial charge in [0.25, 0.3) is 0 Å². The smallest absolute Gasteiger partial charge is 0.118 e. The number of hydrogen-bond donors (Lipinski definition) is 0. The molecule has 0 radical (unpaired) electrons. The zero-order valence-corrected chi connectivity index (χ0v) is 11.1. The third-order valence-corrected chi connectivity index (χ3v) is 2.07. The van der Waals surface area contributed by atoms with E-state index in [1.54, 1.807) is 0 Å². The van der Waals surface area contributed by atoms with Gasteiger partial charge in [-0.1, -0.05) is 45.7 Å². The minimum Gasteiger partial charge on any atom is -0.118 e. The quantitative estimate of drug-likeness (QED) is 0.556. The number of hydrogen-bond acceptors (Lipinski definition) is 3. The fourth-order valence-corrected chi connectivity index (χ4v) is 1.80. The van der Waals surface area contributed by atoms with Crippen LogP contribution in [0.2, 0.25) is 0 Å². The molecule has 0 fully saturated rings. The van der Waals surface area contributed by atoms with Crippen LogP contribution in [0.25, 0.3) is 0 Å². The fraction of sp³-hybridized carbons (Fsp3) is 1.00. The van der Waals surface area contributed by atoms with Gasteiger partial charge >= 0.3 is 8.25 Å². The summed E-state index contributed by atoms with van der Waals surface area (Å²) in [6.07, 6.45) is 0. The molecule has 0 amide bonds. The molecule has 72 valence electrons. The van der Waals surface area contributed by atoms with Crippen LogP contribution in [0.15, 0.2) is 0 Å². The Balaban J connectivity index is 3.34. The SMILES string of the molecule is CC(Br)CO[P+](=O)OCC(C)Br. The molecule has 0 saturated heterocycles. The van der Waals surface area contributed by atoms with Gasteiger partial charge in [0.1, 0.15) is 13.2 Å². The van der Waals surface area contributed by atoms with Crippen LogP contribution >= 0.6 is 40.1 Å². The maximum atomic E-state index is 10.9. The van der Waals surface area contributed by atoms with E-state index in [-0.39, 0.29) is 9.65 Å². The standard InChI is InChI=1S/C6H12Br2O3P/c1-5(7)3-10-12(9)11-4-6(2)8/h5-6H,3-4H2,1-2H3/q+1. The first-order valence-electron chi connectivity index (χ1n) is 3.53. The highest BCUT2D eigenvalue weighted by atomic mass is 79.9. The Hall–Kier alpha value is 0.980. The van der Waals surface area contributed by atoms with Crippen molar-refractivity contribution in [2.75, 3.05) is 13.2 Å². The molecule has 0 N–H and O–H groups in total. The molecule has 0 spiro atoms. The Morgan fingerprint density at radius 1 is 1.17 bits per heavy atom. The Bertz CT molecular complexity index is 127. The minimum atomic E-state index is -1.96. The predicted octanol–water partition coefficient (Wildman–Crippen LogP) is 3.24. The zero-order valence-electron chi connectivity index (χ0n) is 7.00. The van der Waals surface area contributed by atoms with Crippen molar-refractivity contribution < 1.29 is 13.6 Å². The summed E-state index contributed by atoms with van der Waals surface area (Å²) in [5.74, 6) is 0. The summed E-state index contributed by atoms with van der Waals surface area (Å²) in [4.78, 5) is 0.392. The second-order valence-corrected chi connectivity index (χ2v) is 6.47. The molecule has 0 aromatic carbocycles. The topological polar surface area (TPSA) is 35.5 Å². The Morgan fingerprint density at radius 3 is 1.75 bits per heavy atom. The van der Waals surface area contributed by atoms with Gasteiger partial charge in [-0.05, 0) is 0 Å². The molecule has 0 aliphatic heterocycles. The molecule has 0 heterocycles. The van der Waals surface area contributed by atoms with Crippen LogP contribution in [0.4, 0.5) is 0 Å². The Kier molecular flexibility index (Phi) is 7.99. The lowest BCUT2D eigenvalue weighted by molar-refractivity contribution is 0.231. The average molecular weight is 323 g/mol. The van der Waals surface area contributed by atoms with E-state index in [0.717, 1.165) is 0 Å². The highest BCUT2D eigenvalue weighted by Gasteiger charge is 2.21. The third kappa shape index (κ3) is 9.07.